The van der Waals surface area contributed by atoms with Crippen LogP contribution >= 0.6 is 11.6 Å². The van der Waals surface area contributed by atoms with E-state index in [1.165, 1.54) is 38.9 Å². The molecular weight excluding hydrogens is 376 g/mol. The van der Waals surface area contributed by atoms with E-state index in [1.54, 1.807) is 0 Å². The summed E-state index contributed by atoms with van der Waals surface area (Å²) in [5.41, 5.74) is 7.67. The van der Waals surface area contributed by atoms with Crippen molar-refractivity contribution in [2.75, 3.05) is 13.6 Å². The average molecular weight is 399 g/mol. The molecule has 5 rings (SSSR count). The second-order valence-corrected chi connectivity index (χ2v) is 8.16. The fourth-order valence-corrected chi connectivity index (χ4v) is 4.50. The highest BCUT2D eigenvalue weighted by atomic mass is 35.5. The van der Waals surface area contributed by atoms with E-state index in [0.29, 0.717) is 0 Å². The highest BCUT2D eigenvalue weighted by molar-refractivity contribution is 6.31. The largest absolute Gasteiger partial charge is 0.319 e. The maximum absolute atomic E-state index is 6.37. The number of hydrogen-bond acceptors (Lipinski definition) is 1. The molecule has 0 fully saturated rings. The van der Waals surface area contributed by atoms with Crippen LogP contribution in [0, 0.1) is 0 Å². The summed E-state index contributed by atoms with van der Waals surface area (Å²) >= 11 is 6.37. The van der Waals surface area contributed by atoms with Crippen LogP contribution in [0.5, 0.6) is 0 Å². The molecular formula is C26H23ClN2. The highest BCUT2D eigenvalue weighted by Crippen LogP contribution is 2.34. The number of fused-ring (bicyclic) bond motifs is 3. The maximum atomic E-state index is 6.37. The molecule has 0 spiro atoms. The first kappa shape index (κ1) is 18.2. The molecule has 0 amide bonds. The minimum Gasteiger partial charge on any atom is -0.319 e. The van der Waals surface area contributed by atoms with Crippen LogP contribution in [0.25, 0.3) is 22.7 Å². The normalized spacial score (nSPS) is 14.0. The predicted molar refractivity (Wildman–Crippen MR) is 123 cm³/mol. The Kier molecular flexibility index (Phi) is 4.75. The van der Waals surface area contributed by atoms with Crippen molar-refractivity contribution in [3.05, 3.63) is 106 Å². The van der Waals surface area contributed by atoms with E-state index in [2.05, 4.69) is 95.5 Å². The van der Waals surface area contributed by atoms with Gasteiger partial charge in [-0.1, -0.05) is 72.3 Å². The van der Waals surface area contributed by atoms with Gasteiger partial charge < -0.3 is 9.47 Å². The predicted octanol–water partition coefficient (Wildman–Crippen LogP) is 6.33. The molecule has 0 saturated carbocycles. The summed E-state index contributed by atoms with van der Waals surface area (Å²) in [6.07, 6.45) is 3.34. The standard InChI is InChI=1S/C26H23ClN2/c1-28-15-14-26-24(17-28)22-16-21(27)12-13-25(22)29(26)18-23(19-8-4-2-5-9-19)20-10-6-3-7-11-20/h2-13,16,18H,14-15,17H2,1H3. The van der Waals surface area contributed by atoms with Crippen LogP contribution in [0.3, 0.4) is 0 Å². The van der Waals surface area contributed by atoms with Crippen LogP contribution in [0.1, 0.15) is 22.4 Å². The van der Waals surface area contributed by atoms with Gasteiger partial charge in [-0.3, -0.25) is 0 Å². The lowest BCUT2D eigenvalue weighted by Gasteiger charge is -2.24. The lowest BCUT2D eigenvalue weighted by Crippen LogP contribution is -2.26. The lowest BCUT2D eigenvalue weighted by molar-refractivity contribution is 0.312. The third kappa shape index (κ3) is 3.39. The van der Waals surface area contributed by atoms with Gasteiger partial charge in [0.05, 0.1) is 5.52 Å². The molecule has 0 atom stereocenters. The van der Waals surface area contributed by atoms with Gasteiger partial charge in [0.15, 0.2) is 0 Å². The van der Waals surface area contributed by atoms with Gasteiger partial charge in [-0.05, 0) is 41.9 Å². The summed E-state index contributed by atoms with van der Waals surface area (Å²) in [5.74, 6) is 0. The fraction of sp³-hybridized carbons (Fsp3) is 0.154. The van der Waals surface area contributed by atoms with E-state index >= 15 is 0 Å². The van der Waals surface area contributed by atoms with Crippen LogP contribution in [0.15, 0.2) is 78.9 Å². The first-order chi connectivity index (χ1) is 14.2. The van der Waals surface area contributed by atoms with Crippen LogP contribution in [-0.2, 0) is 13.0 Å². The number of rotatable bonds is 3. The van der Waals surface area contributed by atoms with E-state index in [-0.39, 0.29) is 0 Å². The molecule has 29 heavy (non-hydrogen) atoms. The molecule has 1 aliphatic rings. The molecule has 144 valence electrons. The number of halogens is 1. The molecule has 0 aliphatic carbocycles. The van der Waals surface area contributed by atoms with Gasteiger partial charge in [-0.2, -0.15) is 0 Å². The Morgan fingerprint density at radius 3 is 2.21 bits per heavy atom. The number of nitrogens with zero attached hydrogens (tertiary/aromatic N) is 2. The van der Waals surface area contributed by atoms with E-state index in [0.717, 1.165) is 24.5 Å². The molecule has 2 heterocycles. The Morgan fingerprint density at radius 2 is 1.55 bits per heavy atom. The Bertz CT molecular complexity index is 1150. The Balaban J connectivity index is 1.78. The summed E-state index contributed by atoms with van der Waals surface area (Å²) in [6.45, 7) is 2.02. The van der Waals surface area contributed by atoms with Gasteiger partial charge in [-0.25, -0.2) is 0 Å². The second kappa shape index (κ2) is 7.55. The molecule has 1 aromatic heterocycles. The summed E-state index contributed by atoms with van der Waals surface area (Å²) < 4.78 is 2.39. The molecule has 0 unspecified atom stereocenters. The number of likely N-dealkylation sites (N-methyl/N-ethyl adjacent to an activating group) is 1. The second-order valence-electron chi connectivity index (χ2n) is 7.72. The quantitative estimate of drug-likeness (QED) is 0.391. The van der Waals surface area contributed by atoms with Gasteiger partial charge in [0, 0.05) is 47.4 Å². The van der Waals surface area contributed by atoms with Crippen LogP contribution < -0.4 is 0 Å². The molecule has 0 saturated heterocycles. The average Bonchev–Trinajstić information content (AvgIpc) is 3.05. The first-order valence-electron chi connectivity index (χ1n) is 10.0. The van der Waals surface area contributed by atoms with Gasteiger partial charge in [0.1, 0.15) is 0 Å². The molecule has 1 aliphatic heterocycles. The van der Waals surface area contributed by atoms with Crippen LogP contribution in [0.4, 0.5) is 0 Å². The van der Waals surface area contributed by atoms with E-state index in [4.69, 9.17) is 11.6 Å². The van der Waals surface area contributed by atoms with E-state index < -0.39 is 0 Å². The fourth-order valence-electron chi connectivity index (χ4n) is 4.33. The first-order valence-corrected chi connectivity index (χ1v) is 10.4. The molecule has 3 heteroatoms. The Morgan fingerprint density at radius 1 is 0.897 bits per heavy atom. The Hall–Kier alpha value is -2.81. The minimum atomic E-state index is 0.793. The van der Waals surface area contributed by atoms with Crippen molar-refractivity contribution in [3.8, 4) is 0 Å². The zero-order valence-electron chi connectivity index (χ0n) is 16.5. The van der Waals surface area contributed by atoms with Crippen molar-refractivity contribution in [1.29, 1.82) is 0 Å². The van der Waals surface area contributed by atoms with Crippen molar-refractivity contribution < 1.29 is 0 Å². The third-order valence-electron chi connectivity index (χ3n) is 5.77. The zero-order chi connectivity index (χ0) is 19.8. The van der Waals surface area contributed by atoms with Crippen LogP contribution in [-0.4, -0.2) is 23.1 Å². The molecule has 0 bridgehead atoms. The number of aromatic nitrogens is 1. The van der Waals surface area contributed by atoms with Crippen molar-refractivity contribution in [3.63, 3.8) is 0 Å². The summed E-state index contributed by atoms with van der Waals surface area (Å²) in [5, 5.41) is 2.05. The summed E-state index contributed by atoms with van der Waals surface area (Å²) in [4.78, 5) is 2.38. The van der Waals surface area contributed by atoms with E-state index in [1.807, 2.05) is 6.07 Å². The Labute approximate surface area is 176 Å². The lowest BCUT2D eigenvalue weighted by atomic mass is 9.99. The molecule has 0 N–H and O–H groups in total. The zero-order valence-corrected chi connectivity index (χ0v) is 17.2. The highest BCUT2D eigenvalue weighted by Gasteiger charge is 2.22. The van der Waals surface area contributed by atoms with E-state index in [9.17, 15) is 0 Å². The van der Waals surface area contributed by atoms with Crippen molar-refractivity contribution in [2.24, 2.45) is 0 Å². The van der Waals surface area contributed by atoms with Crippen molar-refractivity contribution >= 4 is 34.3 Å². The SMILES string of the molecule is CN1CCc2c(c3cc(Cl)ccc3n2C=C(c2ccccc2)c2ccccc2)C1. The molecule has 2 nitrogen and oxygen atoms in total. The van der Waals surface area contributed by atoms with Gasteiger partial charge in [0.2, 0.25) is 0 Å². The maximum Gasteiger partial charge on any atom is 0.0530 e. The van der Waals surface area contributed by atoms with Gasteiger partial charge >= 0.3 is 0 Å². The minimum absolute atomic E-state index is 0.793. The van der Waals surface area contributed by atoms with Crippen molar-refractivity contribution in [1.82, 2.24) is 9.47 Å². The van der Waals surface area contributed by atoms with Gasteiger partial charge in [-0.15, -0.1) is 0 Å². The summed E-state index contributed by atoms with van der Waals surface area (Å²) in [6, 6.07) is 27.5. The summed E-state index contributed by atoms with van der Waals surface area (Å²) in [7, 11) is 2.19. The third-order valence-corrected chi connectivity index (χ3v) is 6.00. The van der Waals surface area contributed by atoms with Crippen LogP contribution in [0.2, 0.25) is 5.02 Å². The molecule has 4 aromatic rings. The molecule has 3 aromatic carbocycles. The smallest absolute Gasteiger partial charge is 0.0530 e. The topological polar surface area (TPSA) is 8.17 Å². The molecule has 0 radical (unpaired) electrons. The van der Waals surface area contributed by atoms with Crippen molar-refractivity contribution in [2.45, 2.75) is 13.0 Å². The van der Waals surface area contributed by atoms with Gasteiger partial charge in [0.25, 0.3) is 0 Å². The number of hydrogen-bond donors (Lipinski definition) is 0. The number of benzene rings is 3. The monoisotopic (exact) mass is 398 g/mol.